The quantitative estimate of drug-likeness (QED) is 0.466. The van der Waals surface area contributed by atoms with Gasteiger partial charge in [0.2, 0.25) is 14.5 Å². The highest BCUT2D eigenvalue weighted by Gasteiger charge is 2.41. The number of hydrogen-bond donors (Lipinski definition) is 1. The van der Waals surface area contributed by atoms with Crippen LogP contribution in [0.1, 0.15) is 35.1 Å². The average molecular weight is 380 g/mol. The van der Waals surface area contributed by atoms with Crippen molar-refractivity contribution in [3.8, 4) is 0 Å². The lowest BCUT2D eigenvalue weighted by Crippen LogP contribution is -2.46. The standard InChI is InChI=1S/C15H14B2F3N2O3P/c1-8-4-12-9(5-11(8)15(18,19)20)6-22(14(12,16)17)13(24)3-2-10(7-23)21-26-25/h4-5,7,10H,2-3,6H2,1H3,(H,21,25). The van der Waals surface area contributed by atoms with Crippen LogP contribution in [0.25, 0.3) is 0 Å². The molecule has 0 aliphatic carbocycles. The lowest BCUT2D eigenvalue weighted by molar-refractivity contribution is -0.138. The molecule has 5 nitrogen and oxygen atoms in total. The van der Waals surface area contributed by atoms with Crippen molar-refractivity contribution in [3.05, 3.63) is 34.4 Å². The molecule has 0 aromatic heterocycles. The van der Waals surface area contributed by atoms with Gasteiger partial charge in [0.15, 0.2) is 0 Å². The molecule has 1 aromatic carbocycles. The molecule has 11 heteroatoms. The highest BCUT2D eigenvalue weighted by atomic mass is 31.1. The fourth-order valence-corrected chi connectivity index (χ4v) is 3.27. The second-order valence-corrected chi connectivity index (χ2v) is 6.57. The number of nitrogens with one attached hydrogen (secondary N) is 1. The number of fused-ring (bicyclic) bond motifs is 1. The second-order valence-electron chi connectivity index (χ2n) is 6.13. The fraction of sp³-hybridized carbons (Fsp3) is 0.467. The number of benzene rings is 1. The fourth-order valence-electron chi connectivity index (χ4n) is 2.95. The molecule has 1 aliphatic heterocycles. The molecule has 0 spiro atoms. The summed E-state index contributed by atoms with van der Waals surface area (Å²) in [5.41, 5.74) is -0.365. The number of alkyl halides is 3. The van der Waals surface area contributed by atoms with Gasteiger partial charge in [-0.25, -0.2) is 5.09 Å². The molecule has 0 fully saturated rings. The van der Waals surface area contributed by atoms with Crippen LogP contribution in [-0.2, 0) is 32.2 Å². The van der Waals surface area contributed by atoms with E-state index in [1.165, 1.54) is 13.0 Å². The molecular formula is C15H14B2F3N2O3P. The monoisotopic (exact) mass is 380 g/mol. The van der Waals surface area contributed by atoms with E-state index < -0.39 is 37.6 Å². The first-order valence-electron chi connectivity index (χ1n) is 7.65. The molecule has 4 radical (unpaired) electrons. The van der Waals surface area contributed by atoms with Gasteiger partial charge in [0, 0.05) is 13.0 Å². The van der Waals surface area contributed by atoms with Crippen LogP contribution in [-0.4, -0.2) is 38.8 Å². The third-order valence-electron chi connectivity index (χ3n) is 4.32. The molecule has 1 unspecified atom stereocenters. The van der Waals surface area contributed by atoms with Crippen molar-refractivity contribution >= 4 is 36.5 Å². The van der Waals surface area contributed by atoms with Crippen molar-refractivity contribution in [2.45, 2.75) is 43.9 Å². The Hall–Kier alpha value is -1.66. The van der Waals surface area contributed by atoms with Crippen molar-refractivity contribution in [2.75, 3.05) is 0 Å². The Bertz CT molecular complexity index is 744. The Balaban J connectivity index is 2.24. The van der Waals surface area contributed by atoms with Crippen LogP contribution in [0.5, 0.6) is 0 Å². The van der Waals surface area contributed by atoms with Crippen molar-refractivity contribution in [1.29, 1.82) is 0 Å². The van der Waals surface area contributed by atoms with Gasteiger partial charge >= 0.3 is 6.18 Å². The number of nitrogens with zero attached hydrogens (tertiary/aromatic N) is 1. The Kier molecular flexibility index (Phi) is 5.98. The van der Waals surface area contributed by atoms with E-state index in [4.69, 9.17) is 15.7 Å². The van der Waals surface area contributed by atoms with Crippen LogP contribution in [0, 0.1) is 6.92 Å². The zero-order valence-corrected chi connectivity index (χ0v) is 14.7. The van der Waals surface area contributed by atoms with Crippen molar-refractivity contribution in [2.24, 2.45) is 0 Å². The van der Waals surface area contributed by atoms with E-state index in [0.29, 0.717) is 6.29 Å². The number of halogens is 3. The zero-order valence-electron chi connectivity index (χ0n) is 13.8. The van der Waals surface area contributed by atoms with Crippen LogP contribution in [0.2, 0.25) is 0 Å². The van der Waals surface area contributed by atoms with Gasteiger partial charge in [-0.15, -0.1) is 0 Å². The maximum Gasteiger partial charge on any atom is 0.416 e. The van der Waals surface area contributed by atoms with E-state index in [0.717, 1.165) is 11.0 Å². The maximum absolute atomic E-state index is 13.1. The van der Waals surface area contributed by atoms with E-state index in [1.54, 1.807) is 0 Å². The topological polar surface area (TPSA) is 66.5 Å². The Morgan fingerprint density at radius 1 is 1.46 bits per heavy atom. The first kappa shape index (κ1) is 20.6. The van der Waals surface area contributed by atoms with Gasteiger partial charge in [0.05, 0.1) is 27.3 Å². The Morgan fingerprint density at radius 3 is 2.65 bits per heavy atom. The molecule has 134 valence electrons. The molecule has 1 amide bonds. The summed E-state index contributed by atoms with van der Waals surface area (Å²) in [6.07, 6.45) is -4.11. The van der Waals surface area contributed by atoms with Gasteiger partial charge in [-0.1, -0.05) is 6.07 Å². The highest BCUT2D eigenvalue weighted by Crippen LogP contribution is 2.40. The molecule has 1 N–H and O–H groups in total. The van der Waals surface area contributed by atoms with Gasteiger partial charge in [-0.2, -0.15) is 13.2 Å². The number of carbonyl (C=O) groups is 2. The summed E-state index contributed by atoms with van der Waals surface area (Å²) < 4.78 is 49.7. The zero-order chi connectivity index (χ0) is 19.7. The van der Waals surface area contributed by atoms with Crippen molar-refractivity contribution in [1.82, 2.24) is 9.99 Å². The van der Waals surface area contributed by atoms with Crippen LogP contribution in [0.3, 0.4) is 0 Å². The summed E-state index contributed by atoms with van der Waals surface area (Å²) in [7, 11) is 11.6. The van der Waals surface area contributed by atoms with Crippen molar-refractivity contribution in [3.63, 3.8) is 0 Å². The maximum atomic E-state index is 13.1. The molecule has 0 bridgehead atoms. The van der Waals surface area contributed by atoms with Gasteiger partial charge in [-0.3, -0.25) is 9.36 Å². The first-order chi connectivity index (χ1) is 12.0. The third-order valence-corrected chi connectivity index (χ3v) is 4.75. The SMILES string of the molecule is [B]C1([B])c2cc(C)c(C(F)(F)F)cc2CN1C(=O)CCC(C=O)NP=O. The molecule has 1 heterocycles. The van der Waals surface area contributed by atoms with E-state index in [-0.39, 0.29) is 36.1 Å². The number of rotatable bonds is 6. The number of aryl methyl sites for hydroxylation is 1. The normalized spacial score (nSPS) is 17.2. The van der Waals surface area contributed by atoms with E-state index >= 15 is 0 Å². The van der Waals surface area contributed by atoms with Crippen LogP contribution >= 0.6 is 8.61 Å². The molecule has 1 aromatic rings. The number of amides is 1. The van der Waals surface area contributed by atoms with E-state index in [9.17, 15) is 27.3 Å². The third kappa shape index (κ3) is 4.01. The smallest absolute Gasteiger partial charge is 0.346 e. The Labute approximate surface area is 152 Å². The van der Waals surface area contributed by atoms with Gasteiger partial charge in [0.25, 0.3) is 0 Å². The average Bonchev–Trinajstić information content (AvgIpc) is 2.80. The lowest BCUT2D eigenvalue weighted by Gasteiger charge is -2.34. The summed E-state index contributed by atoms with van der Waals surface area (Å²) in [5.74, 6) is -0.520. The van der Waals surface area contributed by atoms with Crippen LogP contribution in [0.15, 0.2) is 12.1 Å². The summed E-state index contributed by atoms with van der Waals surface area (Å²) >= 11 is 0. The summed E-state index contributed by atoms with van der Waals surface area (Å²) in [4.78, 5) is 24.3. The molecule has 0 saturated carbocycles. The minimum atomic E-state index is -4.52. The molecule has 1 aliphatic rings. The van der Waals surface area contributed by atoms with Gasteiger partial charge in [0.1, 0.15) is 6.29 Å². The molecule has 2 rings (SSSR count). The molecular weight excluding hydrogens is 366 g/mol. The molecule has 26 heavy (non-hydrogen) atoms. The van der Waals surface area contributed by atoms with E-state index in [2.05, 4.69) is 5.09 Å². The Morgan fingerprint density at radius 2 is 2.12 bits per heavy atom. The first-order valence-corrected chi connectivity index (χ1v) is 8.46. The van der Waals surface area contributed by atoms with Gasteiger partial charge in [-0.05, 0) is 41.4 Å². The number of carbonyl (C=O) groups excluding carboxylic acids is 2. The summed E-state index contributed by atoms with van der Waals surface area (Å²) in [5, 5.41) is 0.590. The predicted octanol–water partition coefficient (Wildman–Crippen LogP) is 1.95. The minimum Gasteiger partial charge on any atom is -0.346 e. The molecule has 1 atom stereocenters. The number of aldehydes is 1. The van der Waals surface area contributed by atoms with Crippen molar-refractivity contribution < 1.29 is 27.3 Å². The predicted molar refractivity (Wildman–Crippen MR) is 89.7 cm³/mol. The van der Waals surface area contributed by atoms with E-state index in [1.807, 2.05) is 0 Å². The van der Waals surface area contributed by atoms with Gasteiger partial charge < -0.3 is 9.69 Å². The van der Waals surface area contributed by atoms with Crippen LogP contribution < -0.4 is 5.09 Å². The molecule has 0 saturated heterocycles. The highest BCUT2D eigenvalue weighted by molar-refractivity contribution is 7.21. The second kappa shape index (κ2) is 7.53. The largest absolute Gasteiger partial charge is 0.416 e. The summed E-state index contributed by atoms with van der Waals surface area (Å²) in [6, 6.07) is 1.41. The van der Waals surface area contributed by atoms with Crippen LogP contribution in [0.4, 0.5) is 13.2 Å². The summed E-state index contributed by atoms with van der Waals surface area (Å²) in [6.45, 7) is 1.13. The lowest BCUT2D eigenvalue weighted by atomic mass is 9.57. The minimum absolute atomic E-state index is 0.0366. The number of hydrogen-bond acceptors (Lipinski definition) is 3.